The maximum atomic E-state index is 11.8. The van der Waals surface area contributed by atoms with Crippen molar-refractivity contribution in [1.82, 2.24) is 10.1 Å². The number of anilines is 1. The Morgan fingerprint density at radius 2 is 2.06 bits per heavy atom. The molecule has 1 heterocycles. The van der Waals surface area contributed by atoms with Crippen molar-refractivity contribution in [3.8, 4) is 0 Å². The number of hydrogen-bond donors (Lipinski definition) is 1. The fraction of sp³-hybridized carbons (Fsp3) is 0.250. The van der Waals surface area contributed by atoms with Crippen molar-refractivity contribution in [1.29, 1.82) is 0 Å². The molecule has 96 valence electrons. The molecule has 0 bridgehead atoms. The number of aromatic nitrogens is 1. The average molecular weight is 249 g/mol. The van der Waals surface area contributed by atoms with Gasteiger partial charge in [-0.1, -0.05) is 17.3 Å². The number of nitrogens with one attached hydrogen (secondary N) is 1. The van der Waals surface area contributed by atoms with Crippen LogP contribution in [0.3, 0.4) is 0 Å². The molecule has 0 unspecified atom stereocenters. The molecule has 0 aromatic carbocycles. The van der Waals surface area contributed by atoms with Gasteiger partial charge in [-0.25, -0.2) is 0 Å². The smallest absolute Gasteiger partial charge is 0.315 e. The van der Waals surface area contributed by atoms with E-state index in [0.717, 1.165) is 0 Å². The van der Waals surface area contributed by atoms with Gasteiger partial charge in [0.15, 0.2) is 5.82 Å². The molecule has 0 fully saturated rings. The van der Waals surface area contributed by atoms with Gasteiger partial charge >= 0.3 is 11.8 Å². The normalized spacial score (nSPS) is 9.61. The lowest BCUT2D eigenvalue weighted by Crippen LogP contribution is -2.39. The summed E-state index contributed by atoms with van der Waals surface area (Å²) >= 11 is 0. The van der Waals surface area contributed by atoms with Crippen LogP contribution in [-0.4, -0.2) is 35.0 Å². The Balaban J connectivity index is 2.66. The molecule has 0 aliphatic carbocycles. The highest BCUT2D eigenvalue weighted by Gasteiger charge is 2.20. The van der Waals surface area contributed by atoms with Gasteiger partial charge in [0.1, 0.15) is 5.76 Å². The van der Waals surface area contributed by atoms with E-state index in [-0.39, 0.29) is 18.9 Å². The summed E-state index contributed by atoms with van der Waals surface area (Å²) in [5.41, 5.74) is 0. The van der Waals surface area contributed by atoms with E-state index in [1.807, 2.05) is 0 Å². The van der Waals surface area contributed by atoms with Gasteiger partial charge in [0.2, 0.25) is 0 Å². The molecule has 2 amide bonds. The third-order valence-corrected chi connectivity index (χ3v) is 2.05. The lowest BCUT2D eigenvalue weighted by molar-refractivity contribution is -0.142. The summed E-state index contributed by atoms with van der Waals surface area (Å²) in [7, 11) is 0. The van der Waals surface area contributed by atoms with Crippen LogP contribution in [0.4, 0.5) is 5.82 Å². The number of nitrogens with zero attached hydrogens (tertiary/aromatic N) is 2. The zero-order chi connectivity index (χ0) is 13.5. The van der Waals surface area contributed by atoms with E-state index in [9.17, 15) is 9.59 Å². The first-order chi connectivity index (χ1) is 8.58. The van der Waals surface area contributed by atoms with E-state index in [1.54, 1.807) is 6.92 Å². The summed E-state index contributed by atoms with van der Waals surface area (Å²) in [6.07, 6.45) is 3.07. The fourth-order valence-electron chi connectivity index (χ4n) is 1.29. The van der Waals surface area contributed by atoms with Gasteiger partial charge in [-0.3, -0.25) is 14.9 Å². The van der Waals surface area contributed by atoms with Crippen molar-refractivity contribution in [2.24, 2.45) is 0 Å². The van der Waals surface area contributed by atoms with Crippen LogP contribution >= 0.6 is 0 Å². The molecular weight excluding hydrogens is 234 g/mol. The summed E-state index contributed by atoms with van der Waals surface area (Å²) < 4.78 is 4.78. The number of carbonyl (C=O) groups is 2. The molecule has 0 aliphatic rings. The molecule has 0 atom stereocenters. The summed E-state index contributed by atoms with van der Waals surface area (Å²) in [4.78, 5) is 24.8. The third-order valence-electron chi connectivity index (χ3n) is 2.05. The number of carbonyl (C=O) groups excluding carboxylic acids is 2. The van der Waals surface area contributed by atoms with Gasteiger partial charge in [0.05, 0.1) is 0 Å². The molecule has 6 nitrogen and oxygen atoms in total. The molecule has 0 saturated carbocycles. The van der Waals surface area contributed by atoms with Gasteiger partial charge in [-0.05, 0) is 6.92 Å². The Morgan fingerprint density at radius 3 is 2.50 bits per heavy atom. The Morgan fingerprint density at radius 1 is 1.44 bits per heavy atom. The molecule has 18 heavy (non-hydrogen) atoms. The largest absolute Gasteiger partial charge is 0.360 e. The molecule has 6 heteroatoms. The lowest BCUT2D eigenvalue weighted by atomic mass is 10.4. The van der Waals surface area contributed by atoms with Crippen molar-refractivity contribution >= 4 is 17.6 Å². The maximum absolute atomic E-state index is 11.8. The monoisotopic (exact) mass is 249 g/mol. The minimum absolute atomic E-state index is 0.211. The summed E-state index contributed by atoms with van der Waals surface area (Å²) in [5, 5.41) is 5.93. The van der Waals surface area contributed by atoms with E-state index in [1.165, 1.54) is 23.1 Å². The topological polar surface area (TPSA) is 75.4 Å². The number of hydrogen-bond acceptors (Lipinski definition) is 4. The second-order valence-electron chi connectivity index (χ2n) is 3.56. The van der Waals surface area contributed by atoms with Crippen LogP contribution in [0.15, 0.2) is 35.9 Å². The standard InChI is InChI=1S/C12H15N3O3/c1-4-6-15(7-5-2)12(17)11(16)13-10-8-9(3)18-14-10/h4-5,8H,1-2,6-7H2,3H3,(H,13,14,16). The first-order valence-corrected chi connectivity index (χ1v) is 5.33. The molecule has 1 rings (SSSR count). The predicted octanol–water partition coefficient (Wildman–Crippen LogP) is 1.12. The van der Waals surface area contributed by atoms with Gasteiger partial charge in [0, 0.05) is 19.2 Å². The molecule has 0 spiro atoms. The van der Waals surface area contributed by atoms with E-state index in [4.69, 9.17) is 4.52 Å². The highest BCUT2D eigenvalue weighted by Crippen LogP contribution is 2.07. The SMILES string of the molecule is C=CCN(CC=C)C(=O)C(=O)Nc1cc(C)on1. The number of amides is 2. The fourth-order valence-corrected chi connectivity index (χ4v) is 1.29. The minimum atomic E-state index is -0.771. The van der Waals surface area contributed by atoms with Crippen molar-refractivity contribution < 1.29 is 14.1 Å². The van der Waals surface area contributed by atoms with Crippen LogP contribution in [-0.2, 0) is 9.59 Å². The van der Waals surface area contributed by atoms with Crippen LogP contribution in [0.5, 0.6) is 0 Å². The molecule has 0 aliphatic heterocycles. The zero-order valence-electron chi connectivity index (χ0n) is 10.2. The van der Waals surface area contributed by atoms with Crippen LogP contribution in [0.1, 0.15) is 5.76 Å². The van der Waals surface area contributed by atoms with Crippen molar-refractivity contribution in [3.63, 3.8) is 0 Å². The van der Waals surface area contributed by atoms with E-state index in [0.29, 0.717) is 5.76 Å². The van der Waals surface area contributed by atoms with E-state index < -0.39 is 11.8 Å². The van der Waals surface area contributed by atoms with Gasteiger partial charge in [-0.2, -0.15) is 0 Å². The summed E-state index contributed by atoms with van der Waals surface area (Å²) in [6, 6.07) is 1.52. The second-order valence-corrected chi connectivity index (χ2v) is 3.56. The summed E-state index contributed by atoms with van der Waals surface area (Å²) in [5.74, 6) is -0.683. The van der Waals surface area contributed by atoms with Crippen LogP contribution < -0.4 is 5.32 Å². The Bertz CT molecular complexity index is 455. The molecule has 1 aromatic heterocycles. The second kappa shape index (κ2) is 6.39. The van der Waals surface area contributed by atoms with Gasteiger partial charge in [0.25, 0.3) is 0 Å². The maximum Gasteiger partial charge on any atom is 0.315 e. The van der Waals surface area contributed by atoms with Crippen molar-refractivity contribution in [2.75, 3.05) is 18.4 Å². The van der Waals surface area contributed by atoms with Crippen molar-refractivity contribution in [3.05, 3.63) is 37.1 Å². The highest BCUT2D eigenvalue weighted by molar-refractivity contribution is 6.39. The molecule has 1 N–H and O–H groups in total. The Hall–Kier alpha value is -2.37. The zero-order valence-corrected chi connectivity index (χ0v) is 10.2. The number of aryl methyl sites for hydroxylation is 1. The van der Waals surface area contributed by atoms with Crippen LogP contribution in [0.25, 0.3) is 0 Å². The number of rotatable bonds is 5. The van der Waals surface area contributed by atoms with Gasteiger partial charge in [-0.15, -0.1) is 13.2 Å². The molecular formula is C12H15N3O3. The van der Waals surface area contributed by atoms with Gasteiger partial charge < -0.3 is 9.42 Å². The predicted molar refractivity (Wildman–Crippen MR) is 66.8 cm³/mol. The minimum Gasteiger partial charge on any atom is -0.360 e. The Labute approximate surface area is 105 Å². The van der Waals surface area contributed by atoms with E-state index in [2.05, 4.69) is 23.6 Å². The summed E-state index contributed by atoms with van der Waals surface area (Å²) in [6.45, 7) is 9.28. The first kappa shape index (κ1) is 13.7. The Kier molecular flexibility index (Phi) is 4.86. The first-order valence-electron chi connectivity index (χ1n) is 5.33. The van der Waals surface area contributed by atoms with Crippen molar-refractivity contribution in [2.45, 2.75) is 6.92 Å². The third kappa shape index (κ3) is 3.58. The van der Waals surface area contributed by atoms with Crippen LogP contribution in [0, 0.1) is 6.92 Å². The quantitative estimate of drug-likeness (QED) is 0.626. The lowest BCUT2D eigenvalue weighted by Gasteiger charge is -2.17. The van der Waals surface area contributed by atoms with E-state index >= 15 is 0 Å². The molecule has 0 radical (unpaired) electrons. The molecule has 0 saturated heterocycles. The highest BCUT2D eigenvalue weighted by atomic mass is 16.5. The van der Waals surface area contributed by atoms with Crippen LogP contribution in [0.2, 0.25) is 0 Å². The molecule has 1 aromatic rings. The average Bonchev–Trinajstić information content (AvgIpc) is 2.73.